The molecule has 1 N–H and O–H groups in total. The van der Waals surface area contributed by atoms with Gasteiger partial charge in [0.1, 0.15) is 5.82 Å². The number of hydrogen-bond donors (Lipinski definition) is 1. The lowest BCUT2D eigenvalue weighted by atomic mass is 10.1. The Balaban J connectivity index is 2.23. The number of anilines is 1. The molecule has 0 spiro atoms. The number of benzene rings is 2. The highest BCUT2D eigenvalue weighted by molar-refractivity contribution is 5.91. The normalized spacial score (nSPS) is 11.6. The number of aromatic nitrogens is 2. The fourth-order valence-electron chi connectivity index (χ4n) is 2.41. The van der Waals surface area contributed by atoms with Gasteiger partial charge < -0.3 is 5.32 Å². The van der Waals surface area contributed by atoms with E-state index in [1.807, 2.05) is 30.3 Å². The monoisotopic (exact) mass is 291 g/mol. The zero-order valence-electron chi connectivity index (χ0n) is 13.5. The molecule has 2 aromatic carbocycles. The van der Waals surface area contributed by atoms with Crippen LogP contribution in [-0.2, 0) is 0 Å². The molecule has 3 rings (SSSR count). The van der Waals surface area contributed by atoms with Crippen molar-refractivity contribution in [2.75, 3.05) is 5.32 Å². The molecular formula is C19H21N3. The maximum atomic E-state index is 4.76. The van der Waals surface area contributed by atoms with Crippen LogP contribution >= 0.6 is 0 Å². The molecule has 0 aliphatic heterocycles. The molecule has 0 saturated heterocycles. The largest absolute Gasteiger partial charge is 0.365 e. The predicted molar refractivity (Wildman–Crippen MR) is 93.1 cm³/mol. The number of fused-ring (bicyclic) bond motifs is 1. The van der Waals surface area contributed by atoms with Gasteiger partial charge in [-0.2, -0.15) is 0 Å². The summed E-state index contributed by atoms with van der Waals surface area (Å²) in [5, 5.41) is 4.56. The molecule has 0 bridgehead atoms. The van der Waals surface area contributed by atoms with Gasteiger partial charge in [-0.1, -0.05) is 36.4 Å². The van der Waals surface area contributed by atoms with E-state index in [0.717, 1.165) is 28.1 Å². The fraction of sp³-hybridized carbons (Fsp3) is 0.263. The summed E-state index contributed by atoms with van der Waals surface area (Å²) in [4.78, 5) is 9.51. The van der Waals surface area contributed by atoms with Crippen molar-refractivity contribution in [2.45, 2.75) is 33.2 Å². The quantitative estimate of drug-likeness (QED) is 0.736. The summed E-state index contributed by atoms with van der Waals surface area (Å²) in [6.45, 7) is 8.49. The maximum absolute atomic E-state index is 4.76. The van der Waals surface area contributed by atoms with Crippen LogP contribution in [0.5, 0.6) is 0 Å². The molecule has 0 radical (unpaired) electrons. The summed E-state index contributed by atoms with van der Waals surface area (Å²) in [6.07, 6.45) is 0. The van der Waals surface area contributed by atoms with Gasteiger partial charge in [-0.25, -0.2) is 9.97 Å². The molecule has 1 aromatic heterocycles. The van der Waals surface area contributed by atoms with E-state index in [-0.39, 0.29) is 5.54 Å². The second kappa shape index (κ2) is 5.41. The molecule has 3 nitrogen and oxygen atoms in total. The third-order valence-corrected chi connectivity index (χ3v) is 3.38. The summed E-state index contributed by atoms with van der Waals surface area (Å²) in [7, 11) is 0. The van der Waals surface area contributed by atoms with Gasteiger partial charge in [-0.15, -0.1) is 0 Å². The van der Waals surface area contributed by atoms with E-state index in [2.05, 4.69) is 51.2 Å². The molecule has 0 unspecified atom stereocenters. The number of aryl methyl sites for hydroxylation is 1. The highest BCUT2D eigenvalue weighted by atomic mass is 15.1. The average molecular weight is 291 g/mol. The topological polar surface area (TPSA) is 37.8 Å². The van der Waals surface area contributed by atoms with Gasteiger partial charge in [-0.05, 0) is 45.4 Å². The van der Waals surface area contributed by atoms with Crippen LogP contribution < -0.4 is 5.32 Å². The lowest BCUT2D eigenvalue weighted by Gasteiger charge is -2.22. The van der Waals surface area contributed by atoms with Gasteiger partial charge in [-0.3, -0.25) is 0 Å². The fourth-order valence-corrected chi connectivity index (χ4v) is 2.41. The first-order chi connectivity index (χ1) is 10.4. The van der Waals surface area contributed by atoms with E-state index in [4.69, 9.17) is 9.97 Å². The summed E-state index contributed by atoms with van der Waals surface area (Å²) in [5.74, 6) is 1.64. The number of rotatable bonds is 2. The van der Waals surface area contributed by atoms with E-state index in [0.29, 0.717) is 0 Å². The van der Waals surface area contributed by atoms with E-state index < -0.39 is 0 Å². The maximum Gasteiger partial charge on any atom is 0.162 e. The lowest BCUT2D eigenvalue weighted by molar-refractivity contribution is 0.631. The Morgan fingerprint density at radius 2 is 1.64 bits per heavy atom. The minimum Gasteiger partial charge on any atom is -0.365 e. The standard InChI is InChI=1S/C19H21N3/c1-13-10-11-15-16(12-13)20-17(14-8-6-5-7-9-14)21-18(15)22-19(2,3)4/h5-12H,1-4H3,(H,20,21,22). The molecule has 0 aliphatic rings. The van der Waals surface area contributed by atoms with Crippen LogP contribution in [0.3, 0.4) is 0 Å². The predicted octanol–water partition coefficient (Wildman–Crippen LogP) is 4.82. The minimum atomic E-state index is -0.0554. The molecule has 112 valence electrons. The van der Waals surface area contributed by atoms with Gasteiger partial charge in [0.2, 0.25) is 0 Å². The van der Waals surface area contributed by atoms with Gasteiger partial charge in [0, 0.05) is 16.5 Å². The van der Waals surface area contributed by atoms with Crippen molar-refractivity contribution in [3.8, 4) is 11.4 Å². The Morgan fingerprint density at radius 3 is 2.32 bits per heavy atom. The smallest absolute Gasteiger partial charge is 0.162 e. The minimum absolute atomic E-state index is 0.0554. The summed E-state index contributed by atoms with van der Waals surface area (Å²) < 4.78 is 0. The first kappa shape index (κ1) is 14.5. The van der Waals surface area contributed by atoms with Crippen LogP contribution in [-0.4, -0.2) is 15.5 Å². The third kappa shape index (κ3) is 3.08. The molecule has 0 fully saturated rings. The Kier molecular flexibility index (Phi) is 3.57. The van der Waals surface area contributed by atoms with Crippen LogP contribution in [0.4, 0.5) is 5.82 Å². The molecule has 0 amide bonds. The molecular weight excluding hydrogens is 270 g/mol. The molecule has 3 heteroatoms. The number of nitrogens with zero attached hydrogens (tertiary/aromatic N) is 2. The van der Waals surface area contributed by atoms with Gasteiger partial charge >= 0.3 is 0 Å². The van der Waals surface area contributed by atoms with Crippen LogP contribution in [0.25, 0.3) is 22.3 Å². The lowest BCUT2D eigenvalue weighted by Crippen LogP contribution is -2.27. The van der Waals surface area contributed by atoms with Crippen molar-refractivity contribution >= 4 is 16.7 Å². The molecule has 22 heavy (non-hydrogen) atoms. The highest BCUT2D eigenvalue weighted by Crippen LogP contribution is 2.27. The van der Waals surface area contributed by atoms with Crippen molar-refractivity contribution in [3.05, 3.63) is 54.1 Å². The Labute approximate surface area is 131 Å². The Bertz CT molecular complexity index is 802. The third-order valence-electron chi connectivity index (χ3n) is 3.38. The second-order valence-corrected chi connectivity index (χ2v) is 6.66. The second-order valence-electron chi connectivity index (χ2n) is 6.66. The zero-order chi connectivity index (χ0) is 15.7. The van der Waals surface area contributed by atoms with E-state index in [1.54, 1.807) is 0 Å². The van der Waals surface area contributed by atoms with Crippen molar-refractivity contribution in [3.63, 3.8) is 0 Å². The number of nitrogens with one attached hydrogen (secondary N) is 1. The summed E-state index contributed by atoms with van der Waals surface area (Å²) in [5.41, 5.74) is 3.15. The Hall–Kier alpha value is -2.42. The van der Waals surface area contributed by atoms with E-state index in [9.17, 15) is 0 Å². The molecule has 0 atom stereocenters. The van der Waals surface area contributed by atoms with Crippen molar-refractivity contribution in [1.29, 1.82) is 0 Å². The van der Waals surface area contributed by atoms with Crippen LogP contribution in [0.1, 0.15) is 26.3 Å². The van der Waals surface area contributed by atoms with Crippen LogP contribution in [0.15, 0.2) is 48.5 Å². The highest BCUT2D eigenvalue weighted by Gasteiger charge is 2.15. The van der Waals surface area contributed by atoms with Crippen molar-refractivity contribution in [1.82, 2.24) is 9.97 Å². The van der Waals surface area contributed by atoms with E-state index >= 15 is 0 Å². The average Bonchev–Trinajstić information content (AvgIpc) is 2.46. The molecule has 0 saturated carbocycles. The summed E-state index contributed by atoms with van der Waals surface area (Å²) >= 11 is 0. The number of hydrogen-bond acceptors (Lipinski definition) is 3. The van der Waals surface area contributed by atoms with Gasteiger partial charge in [0.15, 0.2) is 5.82 Å². The van der Waals surface area contributed by atoms with Crippen molar-refractivity contribution in [2.24, 2.45) is 0 Å². The van der Waals surface area contributed by atoms with Crippen molar-refractivity contribution < 1.29 is 0 Å². The van der Waals surface area contributed by atoms with Gasteiger partial charge in [0.05, 0.1) is 5.52 Å². The Morgan fingerprint density at radius 1 is 0.909 bits per heavy atom. The molecule has 1 heterocycles. The van der Waals surface area contributed by atoms with Crippen LogP contribution in [0.2, 0.25) is 0 Å². The first-order valence-corrected chi connectivity index (χ1v) is 7.54. The zero-order valence-corrected chi connectivity index (χ0v) is 13.5. The van der Waals surface area contributed by atoms with Crippen LogP contribution in [0, 0.1) is 6.92 Å². The molecule has 3 aromatic rings. The van der Waals surface area contributed by atoms with E-state index in [1.165, 1.54) is 5.56 Å². The SMILES string of the molecule is Cc1ccc2c(NC(C)(C)C)nc(-c3ccccc3)nc2c1. The summed E-state index contributed by atoms with van der Waals surface area (Å²) in [6, 6.07) is 16.4. The van der Waals surface area contributed by atoms with Gasteiger partial charge in [0.25, 0.3) is 0 Å². The molecule has 0 aliphatic carbocycles. The first-order valence-electron chi connectivity index (χ1n) is 7.54.